The van der Waals surface area contributed by atoms with Crippen LogP contribution in [0.5, 0.6) is 5.75 Å². The fourth-order valence-electron chi connectivity index (χ4n) is 2.27. The fraction of sp³-hybridized carbons (Fsp3) is 0.105. The minimum absolute atomic E-state index is 0.304. The van der Waals surface area contributed by atoms with Gasteiger partial charge in [0.15, 0.2) is 11.8 Å². The van der Waals surface area contributed by atoms with Crippen molar-refractivity contribution < 1.29 is 19.4 Å². The number of aliphatic imine (C=N–C) groups is 1. The Balaban J connectivity index is 1.69. The molecule has 0 unspecified atom stereocenters. The Labute approximate surface area is 165 Å². The smallest absolute Gasteiger partial charge is 0.341 e. The van der Waals surface area contributed by atoms with E-state index in [0.29, 0.717) is 20.8 Å². The maximum absolute atomic E-state index is 12.2. The van der Waals surface area contributed by atoms with Gasteiger partial charge in [-0.1, -0.05) is 23.7 Å². The number of aliphatic carboxylic acids is 1. The Bertz CT molecular complexity index is 924. The van der Waals surface area contributed by atoms with Crippen LogP contribution in [0, 0.1) is 0 Å². The number of amides is 1. The van der Waals surface area contributed by atoms with Crippen LogP contribution in [0.25, 0.3) is 6.08 Å². The number of thioether (sulfide) groups is 1. The van der Waals surface area contributed by atoms with Crippen molar-refractivity contribution in [2.75, 3.05) is 18.6 Å². The minimum atomic E-state index is -1.04. The molecule has 0 saturated carbocycles. The first-order valence-corrected chi connectivity index (χ1v) is 9.08. The van der Waals surface area contributed by atoms with Gasteiger partial charge in [0.2, 0.25) is 0 Å². The zero-order valence-electron chi connectivity index (χ0n) is 14.3. The van der Waals surface area contributed by atoms with Gasteiger partial charge >= 0.3 is 5.97 Å². The first kappa shape index (κ1) is 19.0. The lowest BCUT2D eigenvalue weighted by atomic mass is 10.2. The SMILES string of the molecule is CN(C1=NC(=O)/C(=C/c2ccc(OCC(=O)O)cc2)S1)c1ccc(Cl)cc1. The summed E-state index contributed by atoms with van der Waals surface area (Å²) in [5.41, 5.74) is 1.67. The third-order valence-corrected chi connectivity index (χ3v) is 4.96. The van der Waals surface area contributed by atoms with Gasteiger partial charge < -0.3 is 14.7 Å². The lowest BCUT2D eigenvalue weighted by molar-refractivity contribution is -0.139. The molecule has 0 aliphatic carbocycles. The monoisotopic (exact) mass is 402 g/mol. The summed E-state index contributed by atoms with van der Waals surface area (Å²) in [6, 6.07) is 14.1. The molecule has 0 saturated heterocycles. The molecule has 0 bridgehead atoms. The van der Waals surface area contributed by atoms with Gasteiger partial charge in [0.1, 0.15) is 5.75 Å². The van der Waals surface area contributed by atoms with E-state index in [2.05, 4.69) is 4.99 Å². The van der Waals surface area contributed by atoms with E-state index in [1.54, 1.807) is 42.5 Å². The number of hydrogen-bond donors (Lipinski definition) is 1. The number of amidine groups is 1. The second-order valence-electron chi connectivity index (χ2n) is 5.60. The number of ether oxygens (including phenoxy) is 1. The molecule has 0 fully saturated rings. The number of carboxylic acid groups (broad SMARTS) is 1. The third kappa shape index (κ3) is 4.90. The van der Waals surface area contributed by atoms with E-state index < -0.39 is 12.6 Å². The molecule has 0 atom stereocenters. The maximum atomic E-state index is 12.2. The molecular formula is C19H15ClN2O4S. The molecule has 2 aromatic rings. The lowest BCUT2D eigenvalue weighted by Crippen LogP contribution is -2.21. The van der Waals surface area contributed by atoms with Crippen molar-refractivity contribution in [2.24, 2.45) is 4.99 Å². The van der Waals surface area contributed by atoms with Crippen LogP contribution in [-0.2, 0) is 9.59 Å². The highest BCUT2D eigenvalue weighted by molar-refractivity contribution is 8.18. The maximum Gasteiger partial charge on any atom is 0.341 e. The predicted molar refractivity (Wildman–Crippen MR) is 107 cm³/mol. The Kier molecular flexibility index (Phi) is 5.83. The molecule has 6 nitrogen and oxygen atoms in total. The molecule has 1 aliphatic rings. The number of halogens is 1. The van der Waals surface area contributed by atoms with Crippen LogP contribution in [0.3, 0.4) is 0 Å². The van der Waals surface area contributed by atoms with Crippen molar-refractivity contribution in [3.05, 3.63) is 64.0 Å². The van der Waals surface area contributed by atoms with Crippen molar-refractivity contribution >= 4 is 52.2 Å². The molecule has 2 aromatic carbocycles. The van der Waals surface area contributed by atoms with Gasteiger partial charge in [0, 0.05) is 17.8 Å². The molecule has 0 radical (unpaired) electrons. The second kappa shape index (κ2) is 8.28. The molecule has 3 rings (SSSR count). The molecule has 0 spiro atoms. The van der Waals surface area contributed by atoms with Gasteiger partial charge in [-0.25, -0.2) is 4.79 Å². The van der Waals surface area contributed by atoms with Crippen molar-refractivity contribution in [3.8, 4) is 5.75 Å². The third-order valence-electron chi connectivity index (χ3n) is 3.65. The van der Waals surface area contributed by atoms with Gasteiger partial charge in [0.25, 0.3) is 5.91 Å². The Hall–Kier alpha value is -2.77. The van der Waals surface area contributed by atoms with Gasteiger partial charge in [0.05, 0.1) is 4.91 Å². The van der Waals surface area contributed by atoms with E-state index in [4.69, 9.17) is 21.4 Å². The summed E-state index contributed by atoms with van der Waals surface area (Å²) in [7, 11) is 1.83. The van der Waals surface area contributed by atoms with Gasteiger partial charge in [-0.3, -0.25) is 4.79 Å². The highest BCUT2D eigenvalue weighted by atomic mass is 35.5. The van der Waals surface area contributed by atoms with E-state index in [0.717, 1.165) is 11.3 Å². The van der Waals surface area contributed by atoms with E-state index in [1.807, 2.05) is 24.1 Å². The number of nitrogens with zero attached hydrogens (tertiary/aromatic N) is 2. The zero-order chi connectivity index (χ0) is 19.4. The minimum Gasteiger partial charge on any atom is -0.482 e. The quantitative estimate of drug-likeness (QED) is 0.764. The molecule has 1 aliphatic heterocycles. The summed E-state index contributed by atoms with van der Waals surface area (Å²) in [5, 5.41) is 9.83. The van der Waals surface area contributed by atoms with Crippen LogP contribution in [-0.4, -0.2) is 35.8 Å². The highest BCUT2D eigenvalue weighted by Gasteiger charge is 2.25. The lowest BCUT2D eigenvalue weighted by Gasteiger charge is -2.17. The summed E-state index contributed by atoms with van der Waals surface area (Å²) in [6.07, 6.45) is 1.74. The predicted octanol–water partition coefficient (Wildman–Crippen LogP) is 3.91. The topological polar surface area (TPSA) is 79.2 Å². The summed E-state index contributed by atoms with van der Waals surface area (Å²) in [6.45, 7) is -0.400. The molecule has 1 amide bonds. The van der Waals surface area contributed by atoms with E-state index in [9.17, 15) is 9.59 Å². The first-order valence-electron chi connectivity index (χ1n) is 7.89. The molecule has 8 heteroatoms. The van der Waals surface area contributed by atoms with Crippen LogP contribution < -0.4 is 9.64 Å². The summed E-state index contributed by atoms with van der Waals surface area (Å²) < 4.78 is 5.09. The molecule has 138 valence electrons. The highest BCUT2D eigenvalue weighted by Crippen LogP contribution is 2.32. The van der Waals surface area contributed by atoms with E-state index in [-0.39, 0.29) is 5.91 Å². The average Bonchev–Trinajstić information content (AvgIpc) is 3.01. The number of carbonyl (C=O) groups is 2. The number of anilines is 1. The van der Waals surface area contributed by atoms with E-state index >= 15 is 0 Å². The zero-order valence-corrected chi connectivity index (χ0v) is 15.8. The largest absolute Gasteiger partial charge is 0.482 e. The number of rotatable bonds is 5. The standard InChI is InChI=1S/C19H15ClN2O4S/c1-22(14-6-4-13(20)5-7-14)19-21-18(25)16(27-19)10-12-2-8-15(9-3-12)26-11-17(23)24/h2-10H,11H2,1H3,(H,23,24)/b16-10-. The van der Waals surface area contributed by atoms with Crippen molar-refractivity contribution in [1.82, 2.24) is 0 Å². The van der Waals surface area contributed by atoms with Crippen LogP contribution in [0.4, 0.5) is 5.69 Å². The van der Waals surface area contributed by atoms with Gasteiger partial charge in [-0.05, 0) is 59.8 Å². The van der Waals surface area contributed by atoms with Crippen LogP contribution in [0.1, 0.15) is 5.56 Å². The fourth-order valence-corrected chi connectivity index (χ4v) is 3.29. The summed E-state index contributed by atoms with van der Waals surface area (Å²) in [5.74, 6) is -0.894. The summed E-state index contributed by atoms with van der Waals surface area (Å²) in [4.78, 5) is 29.2. The Morgan fingerprint density at radius 3 is 2.52 bits per heavy atom. The number of carbonyl (C=O) groups excluding carboxylic acids is 1. The Morgan fingerprint density at radius 2 is 1.89 bits per heavy atom. The molecule has 0 aromatic heterocycles. The molecule has 1 N–H and O–H groups in total. The number of hydrogen-bond acceptors (Lipinski definition) is 5. The van der Waals surface area contributed by atoms with Crippen molar-refractivity contribution in [1.29, 1.82) is 0 Å². The van der Waals surface area contributed by atoms with Crippen LogP contribution in [0.15, 0.2) is 58.4 Å². The molecule has 1 heterocycles. The van der Waals surface area contributed by atoms with E-state index in [1.165, 1.54) is 11.8 Å². The van der Waals surface area contributed by atoms with Gasteiger partial charge in [-0.15, -0.1) is 0 Å². The van der Waals surface area contributed by atoms with Crippen LogP contribution >= 0.6 is 23.4 Å². The van der Waals surface area contributed by atoms with Crippen LogP contribution in [0.2, 0.25) is 5.02 Å². The van der Waals surface area contributed by atoms with Crippen molar-refractivity contribution in [2.45, 2.75) is 0 Å². The molecular weight excluding hydrogens is 388 g/mol. The molecule has 27 heavy (non-hydrogen) atoms. The summed E-state index contributed by atoms with van der Waals surface area (Å²) >= 11 is 7.19. The van der Waals surface area contributed by atoms with Gasteiger partial charge in [-0.2, -0.15) is 4.99 Å². The Morgan fingerprint density at radius 1 is 1.22 bits per heavy atom. The average molecular weight is 403 g/mol. The number of carboxylic acids is 1. The number of benzene rings is 2. The second-order valence-corrected chi connectivity index (χ2v) is 7.04. The van der Waals surface area contributed by atoms with Crippen molar-refractivity contribution in [3.63, 3.8) is 0 Å². The normalized spacial score (nSPS) is 15.0. The first-order chi connectivity index (χ1) is 12.9.